The van der Waals surface area contributed by atoms with Gasteiger partial charge in [-0.05, 0) is 30.0 Å². The van der Waals surface area contributed by atoms with E-state index in [1.54, 1.807) is 7.05 Å². The number of nitrogens with one attached hydrogen (secondary N) is 1. The summed E-state index contributed by atoms with van der Waals surface area (Å²) in [4.78, 5) is 7.77. The van der Waals surface area contributed by atoms with Crippen molar-refractivity contribution < 1.29 is 9.13 Å². The molecule has 0 bridgehead atoms. The first-order valence-corrected chi connectivity index (χ1v) is 6.50. The second kappa shape index (κ2) is 5.86. The Morgan fingerprint density at radius 1 is 1.30 bits per heavy atom. The molecular weight excluding hydrogens is 257 g/mol. The molecule has 0 aliphatic carbocycles. The Morgan fingerprint density at radius 2 is 2.05 bits per heavy atom. The summed E-state index contributed by atoms with van der Waals surface area (Å²) in [6, 6.07) is 5.92. The quantitative estimate of drug-likeness (QED) is 0.919. The molecule has 20 heavy (non-hydrogen) atoms. The summed E-state index contributed by atoms with van der Waals surface area (Å²) >= 11 is 0. The van der Waals surface area contributed by atoms with E-state index in [4.69, 9.17) is 4.74 Å². The average molecular weight is 275 g/mol. The molecule has 0 saturated carbocycles. The number of nitrogens with zero attached hydrogens (tertiary/aromatic N) is 2. The zero-order chi connectivity index (χ0) is 14.7. The normalized spacial score (nSPS) is 10.7. The maximum atomic E-state index is 13.7. The van der Waals surface area contributed by atoms with Gasteiger partial charge in [-0.3, -0.25) is 0 Å². The molecule has 1 aromatic carbocycles. The molecule has 0 radical (unpaired) electrons. The fourth-order valence-corrected chi connectivity index (χ4v) is 1.73. The summed E-state index contributed by atoms with van der Waals surface area (Å²) in [5, 5.41) is 2.76. The fraction of sp³-hybridized carbons (Fsp3) is 0.333. The van der Waals surface area contributed by atoms with Gasteiger partial charge in [-0.25, -0.2) is 4.98 Å². The van der Waals surface area contributed by atoms with Gasteiger partial charge in [0.05, 0.1) is 6.20 Å². The van der Waals surface area contributed by atoms with Crippen LogP contribution < -0.4 is 10.1 Å². The van der Waals surface area contributed by atoms with E-state index in [0.29, 0.717) is 17.6 Å². The second-order valence-electron chi connectivity index (χ2n) is 4.88. The van der Waals surface area contributed by atoms with E-state index in [1.165, 1.54) is 0 Å². The highest BCUT2D eigenvalue weighted by atomic mass is 19.1. The molecule has 1 aromatic heterocycles. The maximum absolute atomic E-state index is 13.7. The van der Waals surface area contributed by atoms with E-state index in [9.17, 15) is 4.39 Å². The lowest BCUT2D eigenvalue weighted by atomic mass is 10.0. The molecule has 0 saturated heterocycles. The highest BCUT2D eigenvalue weighted by molar-refractivity contribution is 5.40. The van der Waals surface area contributed by atoms with Gasteiger partial charge in [0.15, 0.2) is 0 Å². The number of rotatable bonds is 4. The summed E-state index contributed by atoms with van der Waals surface area (Å²) in [5.74, 6) is 0.641. The van der Waals surface area contributed by atoms with E-state index in [2.05, 4.69) is 29.1 Å². The Kier molecular flexibility index (Phi) is 4.17. The zero-order valence-electron chi connectivity index (χ0n) is 12.1. The van der Waals surface area contributed by atoms with Crippen molar-refractivity contribution in [1.82, 2.24) is 9.97 Å². The molecule has 1 N–H and O–H groups in total. The predicted molar refractivity (Wildman–Crippen MR) is 76.9 cm³/mol. The van der Waals surface area contributed by atoms with Crippen LogP contribution in [0.15, 0.2) is 24.4 Å². The van der Waals surface area contributed by atoms with Crippen molar-refractivity contribution >= 4 is 5.95 Å². The lowest BCUT2D eigenvalue weighted by Crippen LogP contribution is -2.01. The Labute approximate surface area is 118 Å². The third kappa shape index (κ3) is 3.04. The second-order valence-corrected chi connectivity index (χ2v) is 4.88. The minimum atomic E-state index is -0.585. The molecule has 0 atom stereocenters. The van der Waals surface area contributed by atoms with Crippen molar-refractivity contribution in [2.75, 3.05) is 12.4 Å². The molecule has 106 valence electrons. The van der Waals surface area contributed by atoms with Gasteiger partial charge in [-0.15, -0.1) is 0 Å². The number of halogens is 1. The Morgan fingerprint density at radius 3 is 2.70 bits per heavy atom. The standard InChI is InChI=1S/C15H18FN3O/c1-9(2)11-6-5-10(3)13(7-11)20-14-12(16)8-18-15(17-4)19-14/h5-9H,1-4H3,(H,17,18,19). The van der Waals surface area contributed by atoms with Gasteiger partial charge in [-0.2, -0.15) is 9.37 Å². The summed E-state index contributed by atoms with van der Waals surface area (Å²) in [7, 11) is 1.67. The fourth-order valence-electron chi connectivity index (χ4n) is 1.73. The number of ether oxygens (including phenoxy) is 1. The molecule has 4 nitrogen and oxygen atoms in total. The van der Waals surface area contributed by atoms with Crippen molar-refractivity contribution in [1.29, 1.82) is 0 Å². The van der Waals surface area contributed by atoms with Gasteiger partial charge in [-0.1, -0.05) is 26.0 Å². The van der Waals surface area contributed by atoms with Gasteiger partial charge in [0.1, 0.15) is 5.75 Å². The van der Waals surface area contributed by atoms with Crippen LogP contribution in [0.1, 0.15) is 30.9 Å². The molecule has 5 heteroatoms. The first kappa shape index (κ1) is 14.2. The summed E-state index contributed by atoms with van der Waals surface area (Å²) in [6.07, 6.45) is 1.09. The molecule has 1 heterocycles. The van der Waals surface area contributed by atoms with Gasteiger partial charge in [0, 0.05) is 7.05 Å². The number of hydrogen-bond donors (Lipinski definition) is 1. The minimum absolute atomic E-state index is 0.0756. The van der Waals surface area contributed by atoms with Gasteiger partial charge < -0.3 is 10.1 Å². The van der Waals surface area contributed by atoms with E-state index in [0.717, 1.165) is 17.3 Å². The van der Waals surface area contributed by atoms with Crippen LogP contribution >= 0.6 is 0 Å². The molecule has 0 aliphatic rings. The topological polar surface area (TPSA) is 47.0 Å². The molecular formula is C15H18FN3O. The highest BCUT2D eigenvalue weighted by Crippen LogP contribution is 2.29. The Balaban J connectivity index is 2.36. The van der Waals surface area contributed by atoms with Crippen LogP contribution in [0.25, 0.3) is 0 Å². The maximum Gasteiger partial charge on any atom is 0.260 e. The van der Waals surface area contributed by atoms with Gasteiger partial charge in [0.2, 0.25) is 11.8 Å². The van der Waals surface area contributed by atoms with Crippen LogP contribution in [0.2, 0.25) is 0 Å². The Bertz CT molecular complexity index is 614. The van der Waals surface area contributed by atoms with E-state index in [-0.39, 0.29) is 5.88 Å². The smallest absolute Gasteiger partial charge is 0.260 e. The number of benzene rings is 1. The van der Waals surface area contributed by atoms with Crippen molar-refractivity contribution in [2.24, 2.45) is 0 Å². The van der Waals surface area contributed by atoms with E-state index in [1.807, 2.05) is 25.1 Å². The van der Waals surface area contributed by atoms with Crippen molar-refractivity contribution in [3.8, 4) is 11.6 Å². The van der Waals surface area contributed by atoms with Crippen molar-refractivity contribution in [2.45, 2.75) is 26.7 Å². The lowest BCUT2D eigenvalue weighted by molar-refractivity contribution is 0.417. The highest BCUT2D eigenvalue weighted by Gasteiger charge is 2.11. The molecule has 0 aliphatic heterocycles. The number of anilines is 1. The van der Waals surface area contributed by atoms with Gasteiger partial charge >= 0.3 is 0 Å². The van der Waals surface area contributed by atoms with Crippen molar-refractivity contribution in [3.05, 3.63) is 41.3 Å². The molecule has 0 unspecified atom stereocenters. The SMILES string of the molecule is CNc1ncc(F)c(Oc2cc(C(C)C)ccc2C)n1. The molecule has 0 spiro atoms. The summed E-state index contributed by atoms with van der Waals surface area (Å²) in [5.41, 5.74) is 2.06. The van der Waals surface area contributed by atoms with Crippen LogP contribution in [0, 0.1) is 12.7 Å². The summed E-state index contributed by atoms with van der Waals surface area (Å²) < 4.78 is 19.3. The Hall–Kier alpha value is -2.17. The van der Waals surface area contributed by atoms with Gasteiger partial charge in [0.25, 0.3) is 5.88 Å². The number of hydrogen-bond acceptors (Lipinski definition) is 4. The predicted octanol–water partition coefficient (Wildman–Crippen LogP) is 3.88. The third-order valence-corrected chi connectivity index (χ3v) is 3.02. The molecule has 2 rings (SSSR count). The van der Waals surface area contributed by atoms with Crippen LogP contribution in [-0.2, 0) is 0 Å². The van der Waals surface area contributed by atoms with E-state index < -0.39 is 5.82 Å². The minimum Gasteiger partial charge on any atom is -0.436 e. The third-order valence-electron chi connectivity index (χ3n) is 3.02. The van der Waals surface area contributed by atoms with E-state index >= 15 is 0 Å². The number of aryl methyl sites for hydroxylation is 1. The van der Waals surface area contributed by atoms with Crippen LogP contribution in [-0.4, -0.2) is 17.0 Å². The van der Waals surface area contributed by atoms with Crippen LogP contribution in [0.5, 0.6) is 11.6 Å². The first-order valence-electron chi connectivity index (χ1n) is 6.50. The lowest BCUT2D eigenvalue weighted by Gasteiger charge is -2.12. The molecule has 2 aromatic rings. The molecule has 0 amide bonds. The number of aromatic nitrogens is 2. The monoisotopic (exact) mass is 275 g/mol. The first-order chi connectivity index (χ1) is 9.51. The van der Waals surface area contributed by atoms with Crippen LogP contribution in [0.4, 0.5) is 10.3 Å². The zero-order valence-corrected chi connectivity index (χ0v) is 12.1. The largest absolute Gasteiger partial charge is 0.436 e. The summed E-state index contributed by atoms with van der Waals surface area (Å²) in [6.45, 7) is 6.11. The van der Waals surface area contributed by atoms with Crippen molar-refractivity contribution in [3.63, 3.8) is 0 Å². The molecule has 0 fully saturated rings. The average Bonchev–Trinajstić information content (AvgIpc) is 2.43. The van der Waals surface area contributed by atoms with Crippen LogP contribution in [0.3, 0.4) is 0 Å².